The molecule has 0 aliphatic carbocycles. The predicted octanol–water partition coefficient (Wildman–Crippen LogP) is 2.97. The Kier molecular flexibility index (Phi) is 7.40. The van der Waals surface area contributed by atoms with Gasteiger partial charge in [0.15, 0.2) is 0 Å². The molecule has 0 aliphatic heterocycles. The van der Waals surface area contributed by atoms with Gasteiger partial charge >= 0.3 is 0 Å². The van der Waals surface area contributed by atoms with Crippen molar-refractivity contribution in [2.75, 3.05) is 27.3 Å². The molecular weight excluding hydrogens is 392 g/mol. The zero-order valence-corrected chi connectivity index (χ0v) is 18.2. The molecule has 0 bridgehead atoms. The zero-order chi connectivity index (χ0) is 21.7. The second-order valence-corrected chi connectivity index (χ2v) is 9.44. The topological polar surface area (TPSA) is 84.9 Å². The quantitative estimate of drug-likeness (QED) is 0.524. The lowest BCUT2D eigenvalue weighted by Gasteiger charge is -2.19. The van der Waals surface area contributed by atoms with Crippen LogP contribution in [0.1, 0.15) is 36.7 Å². The first-order valence-corrected chi connectivity index (χ1v) is 10.6. The van der Waals surface area contributed by atoms with E-state index in [-0.39, 0.29) is 28.3 Å². The number of hydrogen-bond donors (Lipinski definition) is 1. The summed E-state index contributed by atoms with van der Waals surface area (Å²) in [6.45, 7) is 7.02. The smallest absolute Gasteiger partial charge is 0.264 e. The van der Waals surface area contributed by atoms with E-state index >= 15 is 0 Å². The minimum Gasteiger partial charge on any atom is -0.492 e. The molecule has 8 heteroatoms. The third kappa shape index (κ3) is 6.03. The number of hydrogen-bond acceptors (Lipinski definition) is 5. The molecule has 2 rings (SSSR count). The van der Waals surface area contributed by atoms with Gasteiger partial charge in [-0.3, -0.25) is 9.63 Å². The molecule has 29 heavy (non-hydrogen) atoms. The number of amides is 1. The number of nitrogens with zero attached hydrogens (tertiary/aromatic N) is 1. The molecule has 1 amide bonds. The predicted molar refractivity (Wildman–Crippen MR) is 111 cm³/mol. The van der Waals surface area contributed by atoms with E-state index < -0.39 is 10.0 Å². The molecule has 2 aromatic rings. The molecule has 0 saturated carbocycles. The fourth-order valence-corrected chi connectivity index (χ4v) is 3.55. The van der Waals surface area contributed by atoms with Crippen molar-refractivity contribution in [3.8, 4) is 5.75 Å². The van der Waals surface area contributed by atoms with E-state index in [0.29, 0.717) is 6.61 Å². The molecule has 0 heterocycles. The Balaban J connectivity index is 1.91. The summed E-state index contributed by atoms with van der Waals surface area (Å²) < 4.78 is 31.0. The van der Waals surface area contributed by atoms with Crippen molar-refractivity contribution in [1.29, 1.82) is 0 Å². The minimum atomic E-state index is -3.81. The number of sulfonamides is 1. The van der Waals surface area contributed by atoms with E-state index in [9.17, 15) is 13.2 Å². The van der Waals surface area contributed by atoms with Crippen molar-refractivity contribution in [3.63, 3.8) is 0 Å². The maximum atomic E-state index is 12.3. The molecule has 0 saturated heterocycles. The van der Waals surface area contributed by atoms with Gasteiger partial charge in [0.1, 0.15) is 12.4 Å². The van der Waals surface area contributed by atoms with Gasteiger partial charge in [0.05, 0.1) is 18.6 Å². The standard InChI is InChI=1S/C21H28N2O5S/c1-21(2,3)17-9-11-18(12-10-17)28-14-13-22-20(24)16-7-6-8-19(15-16)29(25,26)23(4)27-5/h6-12,15H,13-14H2,1-5H3,(H,22,24). The fourth-order valence-electron chi connectivity index (χ4n) is 2.53. The number of nitrogens with one attached hydrogen (secondary N) is 1. The van der Waals surface area contributed by atoms with Crippen LogP contribution < -0.4 is 10.1 Å². The molecule has 158 valence electrons. The summed E-state index contributed by atoms with van der Waals surface area (Å²) in [5.41, 5.74) is 1.53. The van der Waals surface area contributed by atoms with Crippen molar-refractivity contribution in [3.05, 3.63) is 59.7 Å². The molecule has 0 unspecified atom stereocenters. The molecular formula is C21H28N2O5S. The molecule has 0 spiro atoms. The summed E-state index contributed by atoms with van der Waals surface area (Å²) in [6.07, 6.45) is 0. The van der Waals surface area contributed by atoms with Crippen LogP contribution in [0.4, 0.5) is 0 Å². The first-order chi connectivity index (χ1) is 13.6. The number of hydroxylamine groups is 1. The highest BCUT2D eigenvalue weighted by Gasteiger charge is 2.21. The Morgan fingerprint density at radius 1 is 1.10 bits per heavy atom. The summed E-state index contributed by atoms with van der Waals surface area (Å²) >= 11 is 0. The number of carbonyl (C=O) groups excluding carboxylic acids is 1. The largest absolute Gasteiger partial charge is 0.492 e. The molecule has 0 aromatic heterocycles. The Morgan fingerprint density at radius 3 is 2.34 bits per heavy atom. The second kappa shape index (κ2) is 9.39. The van der Waals surface area contributed by atoms with Crippen molar-refractivity contribution >= 4 is 15.9 Å². The second-order valence-electron chi connectivity index (χ2n) is 7.50. The van der Waals surface area contributed by atoms with Gasteiger partial charge in [0.25, 0.3) is 15.9 Å². The third-order valence-electron chi connectivity index (χ3n) is 4.37. The fraction of sp³-hybridized carbons (Fsp3) is 0.381. The SMILES string of the molecule is CON(C)S(=O)(=O)c1cccc(C(=O)NCCOc2ccc(C(C)(C)C)cc2)c1. The van der Waals surface area contributed by atoms with Gasteiger partial charge in [-0.05, 0) is 41.3 Å². The van der Waals surface area contributed by atoms with Gasteiger partial charge in [0.2, 0.25) is 0 Å². The summed E-state index contributed by atoms with van der Waals surface area (Å²) in [4.78, 5) is 17.0. The van der Waals surface area contributed by atoms with Gasteiger partial charge in [-0.15, -0.1) is 0 Å². The summed E-state index contributed by atoms with van der Waals surface area (Å²) in [5.74, 6) is 0.344. The van der Waals surface area contributed by atoms with Crippen LogP contribution in [0.25, 0.3) is 0 Å². The van der Waals surface area contributed by atoms with Gasteiger partial charge in [-0.2, -0.15) is 0 Å². The zero-order valence-electron chi connectivity index (χ0n) is 17.4. The van der Waals surface area contributed by atoms with E-state index in [1.165, 1.54) is 37.9 Å². The first kappa shape index (κ1) is 22.9. The highest BCUT2D eigenvalue weighted by atomic mass is 32.2. The highest BCUT2D eigenvalue weighted by molar-refractivity contribution is 7.89. The molecule has 0 fully saturated rings. The maximum absolute atomic E-state index is 12.3. The Morgan fingerprint density at radius 2 is 1.76 bits per heavy atom. The van der Waals surface area contributed by atoms with Crippen LogP contribution in [-0.4, -0.2) is 46.1 Å². The Bertz CT molecular complexity index is 934. The van der Waals surface area contributed by atoms with E-state index in [2.05, 4.69) is 26.1 Å². The third-order valence-corrected chi connectivity index (χ3v) is 6.04. The maximum Gasteiger partial charge on any atom is 0.264 e. The molecule has 1 N–H and O–H groups in total. The number of ether oxygens (including phenoxy) is 1. The average molecular weight is 421 g/mol. The molecule has 0 radical (unpaired) electrons. The van der Waals surface area contributed by atoms with E-state index in [1.807, 2.05) is 24.3 Å². The first-order valence-electron chi connectivity index (χ1n) is 9.20. The van der Waals surface area contributed by atoms with Crippen LogP contribution in [0, 0.1) is 0 Å². The number of rotatable bonds is 8. The number of benzene rings is 2. The van der Waals surface area contributed by atoms with Crippen LogP contribution in [0.3, 0.4) is 0 Å². The van der Waals surface area contributed by atoms with Gasteiger partial charge in [-0.1, -0.05) is 43.4 Å². The van der Waals surface area contributed by atoms with Crippen molar-refractivity contribution < 1.29 is 22.8 Å². The van der Waals surface area contributed by atoms with E-state index in [4.69, 9.17) is 9.57 Å². The summed E-state index contributed by atoms with van der Waals surface area (Å²) in [7, 11) is -1.27. The molecule has 7 nitrogen and oxygen atoms in total. The lowest BCUT2D eigenvalue weighted by molar-refractivity contribution is -0.0258. The average Bonchev–Trinajstić information content (AvgIpc) is 2.70. The van der Waals surface area contributed by atoms with E-state index in [0.717, 1.165) is 10.2 Å². The van der Waals surface area contributed by atoms with Gasteiger partial charge < -0.3 is 10.1 Å². The summed E-state index contributed by atoms with van der Waals surface area (Å²) in [6, 6.07) is 13.6. The monoisotopic (exact) mass is 420 g/mol. The van der Waals surface area contributed by atoms with Crippen molar-refractivity contribution in [2.24, 2.45) is 0 Å². The van der Waals surface area contributed by atoms with Crippen molar-refractivity contribution in [1.82, 2.24) is 9.79 Å². The van der Waals surface area contributed by atoms with Crippen LogP contribution >= 0.6 is 0 Å². The van der Waals surface area contributed by atoms with Crippen LogP contribution in [0.15, 0.2) is 53.4 Å². The van der Waals surface area contributed by atoms with Crippen LogP contribution in [0.5, 0.6) is 5.75 Å². The molecule has 2 aromatic carbocycles. The Labute approximate surface area is 172 Å². The summed E-state index contributed by atoms with van der Waals surface area (Å²) in [5, 5.41) is 2.72. The normalized spacial score (nSPS) is 12.1. The van der Waals surface area contributed by atoms with Crippen LogP contribution in [0.2, 0.25) is 0 Å². The molecule has 0 aliphatic rings. The van der Waals surface area contributed by atoms with Gasteiger partial charge in [0, 0.05) is 12.6 Å². The molecule has 0 atom stereocenters. The Hall–Kier alpha value is -2.42. The lowest BCUT2D eigenvalue weighted by Crippen LogP contribution is -2.29. The lowest BCUT2D eigenvalue weighted by atomic mass is 9.87. The number of carbonyl (C=O) groups is 1. The highest BCUT2D eigenvalue weighted by Crippen LogP contribution is 2.24. The minimum absolute atomic E-state index is 0.0234. The van der Waals surface area contributed by atoms with Gasteiger partial charge in [-0.25, -0.2) is 8.42 Å². The van der Waals surface area contributed by atoms with Crippen molar-refractivity contribution in [2.45, 2.75) is 31.1 Å². The van der Waals surface area contributed by atoms with E-state index in [1.54, 1.807) is 6.07 Å². The van der Waals surface area contributed by atoms with Crippen LogP contribution in [-0.2, 0) is 20.3 Å².